The van der Waals surface area contributed by atoms with Crippen LogP contribution in [0.2, 0.25) is 0 Å². The molecule has 98 valence electrons. The Morgan fingerprint density at radius 2 is 2.12 bits per heavy atom. The summed E-state index contributed by atoms with van der Waals surface area (Å²) in [7, 11) is 0. The smallest absolute Gasteiger partial charge is 0.232 e. The van der Waals surface area contributed by atoms with E-state index in [1.165, 1.54) is 12.8 Å². The van der Waals surface area contributed by atoms with Crippen molar-refractivity contribution < 1.29 is 9.90 Å². The maximum Gasteiger partial charge on any atom is 0.232 e. The standard InChI is InChI=1S/C12H22N2O2S/c15-8-10-3-6-14(7-10)12(16)9-17-11-1-4-13-5-2-11/h10-11,13,15H,1-9H2. The number of nitrogens with one attached hydrogen (secondary N) is 1. The van der Waals surface area contributed by atoms with Crippen molar-refractivity contribution in [2.75, 3.05) is 38.5 Å². The average Bonchev–Trinajstić information content (AvgIpc) is 2.86. The first-order valence-electron chi connectivity index (χ1n) is 6.50. The van der Waals surface area contributed by atoms with Crippen LogP contribution >= 0.6 is 11.8 Å². The van der Waals surface area contributed by atoms with Crippen molar-refractivity contribution in [2.24, 2.45) is 5.92 Å². The average molecular weight is 258 g/mol. The molecule has 0 saturated carbocycles. The van der Waals surface area contributed by atoms with E-state index < -0.39 is 0 Å². The number of carbonyl (C=O) groups is 1. The third-order valence-electron chi connectivity index (χ3n) is 3.63. The van der Waals surface area contributed by atoms with Crippen LogP contribution in [0.1, 0.15) is 19.3 Å². The molecule has 4 nitrogen and oxygen atoms in total. The largest absolute Gasteiger partial charge is 0.396 e. The van der Waals surface area contributed by atoms with E-state index in [1.54, 1.807) is 0 Å². The second-order valence-electron chi connectivity index (χ2n) is 4.94. The van der Waals surface area contributed by atoms with Gasteiger partial charge in [0.05, 0.1) is 5.75 Å². The third-order valence-corrected chi connectivity index (χ3v) is 4.98. The molecule has 2 rings (SSSR count). The summed E-state index contributed by atoms with van der Waals surface area (Å²) in [5.41, 5.74) is 0. The number of thioether (sulfide) groups is 1. The predicted octanol–water partition coefficient (Wildman–Crippen LogP) is 0.312. The van der Waals surface area contributed by atoms with Crippen LogP contribution < -0.4 is 5.32 Å². The van der Waals surface area contributed by atoms with Gasteiger partial charge in [-0.2, -0.15) is 0 Å². The molecule has 0 aromatic heterocycles. The van der Waals surface area contributed by atoms with Crippen LogP contribution in [-0.4, -0.2) is 59.7 Å². The SMILES string of the molecule is O=C(CSC1CCNCC1)N1CCC(CO)C1. The van der Waals surface area contributed by atoms with E-state index in [0.29, 0.717) is 16.9 Å². The van der Waals surface area contributed by atoms with Gasteiger partial charge in [-0.3, -0.25) is 4.79 Å². The van der Waals surface area contributed by atoms with E-state index in [4.69, 9.17) is 5.11 Å². The summed E-state index contributed by atoms with van der Waals surface area (Å²) in [5, 5.41) is 13.0. The Hall–Kier alpha value is -0.260. The lowest BCUT2D eigenvalue weighted by Crippen LogP contribution is -2.33. The Morgan fingerprint density at radius 1 is 1.35 bits per heavy atom. The number of hydrogen-bond acceptors (Lipinski definition) is 4. The Kier molecular flexibility index (Phi) is 5.13. The van der Waals surface area contributed by atoms with Crippen molar-refractivity contribution in [2.45, 2.75) is 24.5 Å². The number of aliphatic hydroxyl groups excluding tert-OH is 1. The fourth-order valence-electron chi connectivity index (χ4n) is 2.45. The molecule has 0 aromatic rings. The van der Waals surface area contributed by atoms with E-state index in [9.17, 15) is 4.79 Å². The Labute approximate surface area is 107 Å². The summed E-state index contributed by atoms with van der Waals surface area (Å²) in [5.74, 6) is 1.18. The number of nitrogens with zero attached hydrogens (tertiary/aromatic N) is 1. The molecule has 2 heterocycles. The summed E-state index contributed by atoms with van der Waals surface area (Å²) in [6, 6.07) is 0. The Morgan fingerprint density at radius 3 is 2.76 bits per heavy atom. The van der Waals surface area contributed by atoms with Crippen LogP contribution in [0, 0.1) is 5.92 Å². The quantitative estimate of drug-likeness (QED) is 0.762. The van der Waals surface area contributed by atoms with Crippen molar-refractivity contribution in [3.05, 3.63) is 0 Å². The molecule has 1 amide bonds. The molecule has 0 aliphatic carbocycles. The predicted molar refractivity (Wildman–Crippen MR) is 70.1 cm³/mol. The van der Waals surface area contributed by atoms with Gasteiger partial charge in [-0.15, -0.1) is 11.8 Å². The molecule has 1 atom stereocenters. The number of hydrogen-bond donors (Lipinski definition) is 2. The normalized spacial score (nSPS) is 26.4. The molecule has 17 heavy (non-hydrogen) atoms. The lowest BCUT2D eigenvalue weighted by atomic mass is 10.1. The molecule has 2 aliphatic heterocycles. The topological polar surface area (TPSA) is 52.6 Å². The van der Waals surface area contributed by atoms with Crippen LogP contribution in [0.15, 0.2) is 0 Å². The monoisotopic (exact) mass is 258 g/mol. The second kappa shape index (κ2) is 6.61. The number of carbonyl (C=O) groups excluding carboxylic acids is 1. The van der Waals surface area contributed by atoms with Crippen molar-refractivity contribution in [3.8, 4) is 0 Å². The minimum Gasteiger partial charge on any atom is -0.396 e. The summed E-state index contributed by atoms with van der Waals surface area (Å²) in [4.78, 5) is 13.9. The van der Waals surface area contributed by atoms with Crippen LogP contribution in [0.4, 0.5) is 0 Å². The summed E-state index contributed by atoms with van der Waals surface area (Å²) in [6.45, 7) is 3.97. The van der Waals surface area contributed by atoms with Crippen molar-refractivity contribution in [3.63, 3.8) is 0 Å². The van der Waals surface area contributed by atoms with Crippen LogP contribution in [0.5, 0.6) is 0 Å². The number of piperidine rings is 1. The van der Waals surface area contributed by atoms with E-state index in [2.05, 4.69) is 5.32 Å². The van der Waals surface area contributed by atoms with Crippen LogP contribution in [0.25, 0.3) is 0 Å². The molecular formula is C12H22N2O2S. The summed E-state index contributed by atoms with van der Waals surface area (Å²) < 4.78 is 0. The number of rotatable bonds is 4. The van der Waals surface area contributed by atoms with E-state index >= 15 is 0 Å². The number of aliphatic hydroxyl groups is 1. The van der Waals surface area contributed by atoms with Gasteiger partial charge in [0.1, 0.15) is 0 Å². The first-order valence-corrected chi connectivity index (χ1v) is 7.55. The van der Waals surface area contributed by atoms with Gasteiger partial charge < -0.3 is 15.3 Å². The molecular weight excluding hydrogens is 236 g/mol. The highest BCUT2D eigenvalue weighted by atomic mass is 32.2. The van der Waals surface area contributed by atoms with Gasteiger partial charge in [0.15, 0.2) is 0 Å². The molecule has 0 radical (unpaired) electrons. The fraction of sp³-hybridized carbons (Fsp3) is 0.917. The Bertz CT molecular complexity index is 257. The molecule has 2 aliphatic rings. The van der Waals surface area contributed by atoms with Gasteiger partial charge in [0, 0.05) is 30.9 Å². The van der Waals surface area contributed by atoms with Crippen molar-refractivity contribution >= 4 is 17.7 Å². The summed E-state index contributed by atoms with van der Waals surface area (Å²) >= 11 is 1.81. The second-order valence-corrected chi connectivity index (χ2v) is 6.23. The van der Waals surface area contributed by atoms with Gasteiger partial charge in [0.25, 0.3) is 0 Å². The molecule has 2 fully saturated rings. The lowest BCUT2D eigenvalue weighted by Gasteiger charge is -2.23. The fourth-order valence-corrected chi connectivity index (χ4v) is 3.58. The molecule has 0 bridgehead atoms. The van der Waals surface area contributed by atoms with E-state index in [1.807, 2.05) is 16.7 Å². The highest BCUT2D eigenvalue weighted by Gasteiger charge is 2.26. The van der Waals surface area contributed by atoms with E-state index in [-0.39, 0.29) is 12.5 Å². The molecule has 0 spiro atoms. The minimum atomic E-state index is 0.214. The maximum atomic E-state index is 12.0. The zero-order valence-corrected chi connectivity index (χ0v) is 11.0. The molecule has 0 aromatic carbocycles. The molecule has 5 heteroatoms. The lowest BCUT2D eigenvalue weighted by molar-refractivity contribution is -0.127. The highest BCUT2D eigenvalue weighted by Crippen LogP contribution is 2.22. The number of amides is 1. The van der Waals surface area contributed by atoms with Gasteiger partial charge in [0.2, 0.25) is 5.91 Å². The third kappa shape index (κ3) is 3.86. The number of likely N-dealkylation sites (tertiary alicyclic amines) is 1. The van der Waals surface area contributed by atoms with Crippen LogP contribution in [-0.2, 0) is 4.79 Å². The first kappa shape index (κ1) is 13.2. The van der Waals surface area contributed by atoms with Crippen LogP contribution in [0.3, 0.4) is 0 Å². The zero-order chi connectivity index (χ0) is 12.1. The summed E-state index contributed by atoms with van der Waals surface area (Å²) in [6.07, 6.45) is 3.31. The van der Waals surface area contributed by atoms with Gasteiger partial charge >= 0.3 is 0 Å². The van der Waals surface area contributed by atoms with Crippen molar-refractivity contribution in [1.82, 2.24) is 10.2 Å². The van der Waals surface area contributed by atoms with Gasteiger partial charge in [-0.25, -0.2) is 0 Å². The zero-order valence-electron chi connectivity index (χ0n) is 10.2. The Balaban J connectivity index is 1.66. The molecule has 2 N–H and O–H groups in total. The van der Waals surface area contributed by atoms with Gasteiger partial charge in [-0.05, 0) is 32.4 Å². The molecule has 2 saturated heterocycles. The van der Waals surface area contributed by atoms with E-state index in [0.717, 1.165) is 32.6 Å². The first-order chi connectivity index (χ1) is 8.29. The highest BCUT2D eigenvalue weighted by molar-refractivity contribution is 8.00. The maximum absolute atomic E-state index is 12.0. The van der Waals surface area contributed by atoms with Crippen molar-refractivity contribution in [1.29, 1.82) is 0 Å². The minimum absolute atomic E-state index is 0.214. The van der Waals surface area contributed by atoms with Gasteiger partial charge in [-0.1, -0.05) is 0 Å². The molecule has 1 unspecified atom stereocenters.